The van der Waals surface area contributed by atoms with Crippen molar-refractivity contribution < 1.29 is 18.7 Å². The molecule has 0 aromatic heterocycles. The van der Waals surface area contributed by atoms with Crippen LogP contribution in [0, 0.1) is 5.82 Å². The maximum absolute atomic E-state index is 13.2. The fraction of sp³-hybridized carbons (Fsp3) is 0.300. The normalized spacial score (nSPS) is 12.1. The number of anilines is 1. The molecule has 1 amide bonds. The van der Waals surface area contributed by atoms with Gasteiger partial charge in [-0.3, -0.25) is 9.79 Å². The van der Waals surface area contributed by atoms with Gasteiger partial charge in [-0.15, -0.1) is 0 Å². The Hall–Kier alpha value is -3.29. The zero-order valence-electron chi connectivity index (χ0n) is 16.2. The molecule has 1 unspecified atom stereocenters. The second-order valence-corrected chi connectivity index (χ2v) is 5.94. The summed E-state index contributed by atoms with van der Waals surface area (Å²) in [7, 11) is 3.19. The van der Waals surface area contributed by atoms with E-state index in [1.807, 2.05) is 31.2 Å². The summed E-state index contributed by atoms with van der Waals surface area (Å²) >= 11 is 0. The van der Waals surface area contributed by atoms with E-state index in [2.05, 4.69) is 20.9 Å². The summed E-state index contributed by atoms with van der Waals surface area (Å²) in [5.41, 5.74) is 0.397. The van der Waals surface area contributed by atoms with Gasteiger partial charge in [-0.1, -0.05) is 18.2 Å². The van der Waals surface area contributed by atoms with E-state index in [4.69, 9.17) is 9.47 Å². The van der Waals surface area contributed by atoms with Crippen molar-refractivity contribution in [2.24, 2.45) is 4.99 Å². The number of methoxy groups -OCH3 is 1. The number of guanidine groups is 1. The molecule has 3 N–H and O–H groups in total. The highest BCUT2D eigenvalue weighted by atomic mass is 19.1. The van der Waals surface area contributed by atoms with Crippen LogP contribution in [0.1, 0.15) is 6.92 Å². The van der Waals surface area contributed by atoms with Gasteiger partial charge in [0, 0.05) is 12.7 Å². The number of rotatable bonds is 8. The summed E-state index contributed by atoms with van der Waals surface area (Å²) < 4.78 is 24.3. The first kappa shape index (κ1) is 21.0. The molecule has 0 aliphatic carbocycles. The van der Waals surface area contributed by atoms with Gasteiger partial charge >= 0.3 is 0 Å². The molecule has 0 saturated heterocycles. The first-order chi connectivity index (χ1) is 13.5. The van der Waals surface area contributed by atoms with Gasteiger partial charge in [0.2, 0.25) is 5.91 Å². The number of ether oxygens (including phenoxy) is 2. The van der Waals surface area contributed by atoms with Crippen LogP contribution in [0.5, 0.6) is 11.5 Å². The highest BCUT2D eigenvalue weighted by Crippen LogP contribution is 2.26. The van der Waals surface area contributed by atoms with E-state index in [-0.39, 0.29) is 18.6 Å². The minimum absolute atomic E-state index is 0.0159. The summed E-state index contributed by atoms with van der Waals surface area (Å²) in [6, 6.07) is 13.1. The Morgan fingerprint density at radius 3 is 2.57 bits per heavy atom. The van der Waals surface area contributed by atoms with Crippen LogP contribution in [0.25, 0.3) is 0 Å². The molecule has 8 heteroatoms. The van der Waals surface area contributed by atoms with Crippen molar-refractivity contribution in [3.05, 3.63) is 54.3 Å². The molecule has 0 spiro atoms. The number of carbonyl (C=O) groups is 1. The van der Waals surface area contributed by atoms with E-state index in [9.17, 15) is 9.18 Å². The molecular weight excluding hydrogens is 363 g/mol. The molecule has 0 bridgehead atoms. The van der Waals surface area contributed by atoms with Gasteiger partial charge in [-0.05, 0) is 37.3 Å². The van der Waals surface area contributed by atoms with Crippen molar-refractivity contribution in [2.45, 2.75) is 13.0 Å². The first-order valence-electron chi connectivity index (χ1n) is 8.81. The minimum Gasteiger partial charge on any atom is -0.493 e. The number of nitrogens with one attached hydrogen (secondary N) is 3. The number of aliphatic imine (C=N–C) groups is 1. The zero-order chi connectivity index (χ0) is 20.4. The summed E-state index contributed by atoms with van der Waals surface area (Å²) in [5, 5.41) is 8.60. The molecule has 0 saturated carbocycles. The van der Waals surface area contributed by atoms with E-state index in [1.165, 1.54) is 18.2 Å². The monoisotopic (exact) mass is 388 g/mol. The van der Waals surface area contributed by atoms with Crippen LogP contribution >= 0.6 is 0 Å². The van der Waals surface area contributed by atoms with Gasteiger partial charge in [0.15, 0.2) is 17.5 Å². The smallest absolute Gasteiger partial charge is 0.243 e. The maximum atomic E-state index is 13.2. The molecule has 0 aliphatic heterocycles. The Morgan fingerprint density at radius 1 is 1.14 bits per heavy atom. The lowest BCUT2D eigenvalue weighted by Gasteiger charge is -2.19. The largest absolute Gasteiger partial charge is 0.493 e. The number of hydrogen-bond acceptors (Lipinski definition) is 4. The topological polar surface area (TPSA) is 84.0 Å². The molecule has 2 aromatic carbocycles. The molecular formula is C20H25FN4O3. The van der Waals surface area contributed by atoms with E-state index in [0.29, 0.717) is 29.7 Å². The van der Waals surface area contributed by atoms with E-state index in [1.54, 1.807) is 20.2 Å². The van der Waals surface area contributed by atoms with Crippen LogP contribution in [0.15, 0.2) is 53.5 Å². The third-order valence-corrected chi connectivity index (χ3v) is 3.70. The maximum Gasteiger partial charge on any atom is 0.243 e. The predicted molar refractivity (Wildman–Crippen MR) is 107 cm³/mol. The van der Waals surface area contributed by atoms with Crippen molar-refractivity contribution in [1.82, 2.24) is 10.6 Å². The Labute approximate surface area is 164 Å². The van der Waals surface area contributed by atoms with Gasteiger partial charge < -0.3 is 25.4 Å². The average Bonchev–Trinajstić information content (AvgIpc) is 2.68. The Bertz CT molecular complexity index is 814. The van der Waals surface area contributed by atoms with E-state index in [0.717, 1.165) is 0 Å². The van der Waals surface area contributed by atoms with Crippen molar-refractivity contribution in [3.63, 3.8) is 0 Å². The second-order valence-electron chi connectivity index (χ2n) is 5.94. The fourth-order valence-electron chi connectivity index (χ4n) is 2.37. The van der Waals surface area contributed by atoms with Gasteiger partial charge in [0.05, 0.1) is 20.2 Å². The summed E-state index contributed by atoms with van der Waals surface area (Å²) in [5.74, 6) is 1.03. The van der Waals surface area contributed by atoms with Gasteiger partial charge in [-0.25, -0.2) is 4.39 Å². The molecule has 0 radical (unpaired) electrons. The molecule has 2 aromatic rings. The van der Waals surface area contributed by atoms with Crippen LogP contribution in [0.4, 0.5) is 10.1 Å². The minimum atomic E-state index is -0.410. The lowest BCUT2D eigenvalue weighted by Crippen LogP contribution is -2.44. The first-order valence-corrected chi connectivity index (χ1v) is 8.81. The van der Waals surface area contributed by atoms with Crippen molar-refractivity contribution in [3.8, 4) is 11.5 Å². The SMILES string of the molecule is CN=C(NCC(=O)Nc1cccc(F)c1)NCC(C)Oc1ccccc1OC. The number of hydrogen-bond donors (Lipinski definition) is 3. The van der Waals surface area contributed by atoms with Gasteiger partial charge in [-0.2, -0.15) is 0 Å². The fourth-order valence-corrected chi connectivity index (χ4v) is 2.37. The summed E-state index contributed by atoms with van der Waals surface area (Å²) in [6.07, 6.45) is -0.170. The number of para-hydroxylation sites is 2. The lowest BCUT2D eigenvalue weighted by atomic mass is 10.3. The van der Waals surface area contributed by atoms with Crippen LogP contribution in [0.2, 0.25) is 0 Å². The van der Waals surface area contributed by atoms with Crippen LogP contribution in [-0.2, 0) is 4.79 Å². The molecule has 2 rings (SSSR count). The number of halogens is 1. The Kier molecular flexibility index (Phi) is 8.08. The number of amides is 1. The lowest BCUT2D eigenvalue weighted by molar-refractivity contribution is -0.115. The van der Waals surface area contributed by atoms with E-state index >= 15 is 0 Å². The highest BCUT2D eigenvalue weighted by Gasteiger charge is 2.10. The van der Waals surface area contributed by atoms with Crippen molar-refractivity contribution in [1.29, 1.82) is 0 Å². The zero-order valence-corrected chi connectivity index (χ0v) is 16.2. The summed E-state index contributed by atoms with van der Waals surface area (Å²) in [4.78, 5) is 16.0. The Balaban J connectivity index is 1.76. The van der Waals surface area contributed by atoms with Crippen molar-refractivity contribution in [2.75, 3.05) is 32.6 Å². The van der Waals surface area contributed by atoms with Gasteiger partial charge in [0.1, 0.15) is 11.9 Å². The molecule has 1 atom stereocenters. The predicted octanol–water partition coefficient (Wildman–Crippen LogP) is 2.41. The van der Waals surface area contributed by atoms with E-state index < -0.39 is 5.82 Å². The average molecular weight is 388 g/mol. The standard InChI is InChI=1S/C20H25FN4O3/c1-14(28-18-10-5-4-9-17(18)27-3)12-23-20(22-2)24-13-19(26)25-16-8-6-7-15(21)11-16/h4-11,14H,12-13H2,1-3H3,(H,25,26)(H2,22,23,24). The van der Waals surface area contributed by atoms with Crippen LogP contribution in [-0.4, -0.2) is 45.2 Å². The number of carbonyl (C=O) groups excluding carboxylic acids is 1. The third-order valence-electron chi connectivity index (χ3n) is 3.70. The molecule has 28 heavy (non-hydrogen) atoms. The van der Waals surface area contributed by atoms with Gasteiger partial charge in [0.25, 0.3) is 0 Å². The molecule has 0 fully saturated rings. The third kappa shape index (κ3) is 6.79. The molecule has 0 heterocycles. The number of nitrogens with zero attached hydrogens (tertiary/aromatic N) is 1. The quantitative estimate of drug-likeness (QED) is 0.478. The second kappa shape index (κ2) is 10.8. The van der Waals surface area contributed by atoms with Crippen LogP contribution in [0.3, 0.4) is 0 Å². The Morgan fingerprint density at radius 2 is 1.89 bits per heavy atom. The molecule has 0 aliphatic rings. The number of benzene rings is 2. The van der Waals surface area contributed by atoms with Crippen molar-refractivity contribution >= 4 is 17.6 Å². The molecule has 150 valence electrons. The summed E-state index contributed by atoms with van der Waals surface area (Å²) in [6.45, 7) is 2.35. The van der Waals surface area contributed by atoms with Crippen LogP contribution < -0.4 is 25.4 Å². The highest BCUT2D eigenvalue weighted by molar-refractivity contribution is 5.94. The molecule has 7 nitrogen and oxygen atoms in total.